The first-order valence-corrected chi connectivity index (χ1v) is 6.53. The van der Waals surface area contributed by atoms with E-state index in [1.165, 1.54) is 18.2 Å². The van der Waals surface area contributed by atoms with E-state index in [-0.39, 0.29) is 17.5 Å². The van der Waals surface area contributed by atoms with Gasteiger partial charge in [-0.3, -0.25) is 4.79 Å². The maximum atomic E-state index is 13.9. The van der Waals surface area contributed by atoms with Crippen molar-refractivity contribution in [2.45, 2.75) is 25.4 Å². The number of nitrogen functional groups attached to an aromatic ring is 1. The van der Waals surface area contributed by atoms with Crippen molar-refractivity contribution in [3.8, 4) is 0 Å². The van der Waals surface area contributed by atoms with Crippen LogP contribution in [0.4, 0.5) is 10.1 Å². The van der Waals surface area contributed by atoms with Gasteiger partial charge in [-0.25, -0.2) is 4.39 Å². The molecule has 1 aliphatic rings. The number of rotatable bonds is 4. The quantitative estimate of drug-likeness (QED) is 0.872. The molecule has 1 aromatic heterocycles. The fourth-order valence-corrected chi connectivity index (χ4v) is 2.18. The summed E-state index contributed by atoms with van der Waals surface area (Å²) in [4.78, 5) is 14.1. The lowest BCUT2D eigenvalue weighted by Gasteiger charge is -2.21. The zero-order valence-electron chi connectivity index (χ0n) is 10.9. The molecule has 2 aromatic rings. The molecular weight excluding hydrogens is 259 g/mol. The molecule has 1 fully saturated rings. The van der Waals surface area contributed by atoms with Crippen molar-refractivity contribution in [3.63, 3.8) is 0 Å². The number of benzene rings is 1. The van der Waals surface area contributed by atoms with E-state index in [4.69, 9.17) is 10.2 Å². The van der Waals surface area contributed by atoms with Crippen molar-refractivity contribution >= 4 is 11.6 Å². The van der Waals surface area contributed by atoms with Crippen molar-refractivity contribution < 1.29 is 13.6 Å². The maximum Gasteiger partial charge on any atom is 0.257 e. The highest BCUT2D eigenvalue weighted by molar-refractivity contribution is 5.95. The molecule has 3 rings (SSSR count). The van der Waals surface area contributed by atoms with E-state index in [1.807, 2.05) is 6.07 Å². The Morgan fingerprint density at radius 1 is 1.40 bits per heavy atom. The molecule has 1 aliphatic carbocycles. The summed E-state index contributed by atoms with van der Waals surface area (Å²) in [6.45, 7) is 0.361. The van der Waals surface area contributed by atoms with Gasteiger partial charge in [-0.15, -0.1) is 0 Å². The van der Waals surface area contributed by atoms with Crippen LogP contribution in [0.1, 0.15) is 29.0 Å². The van der Waals surface area contributed by atoms with Crippen LogP contribution in [-0.2, 0) is 6.54 Å². The van der Waals surface area contributed by atoms with Gasteiger partial charge in [-0.05, 0) is 43.2 Å². The van der Waals surface area contributed by atoms with E-state index in [0.717, 1.165) is 12.8 Å². The fraction of sp³-hybridized carbons (Fsp3) is 0.267. The van der Waals surface area contributed by atoms with E-state index >= 15 is 0 Å². The van der Waals surface area contributed by atoms with E-state index in [1.54, 1.807) is 17.2 Å². The van der Waals surface area contributed by atoms with Crippen LogP contribution in [0.2, 0.25) is 0 Å². The Kier molecular flexibility index (Phi) is 3.18. The average molecular weight is 274 g/mol. The standard InChI is InChI=1S/C15H15FN2O2/c16-14-8-10(17)3-6-13(14)15(19)18(11-4-5-11)9-12-2-1-7-20-12/h1-3,6-8,11H,4-5,9,17H2. The lowest BCUT2D eigenvalue weighted by molar-refractivity contribution is 0.0713. The van der Waals surface area contributed by atoms with Crippen LogP contribution < -0.4 is 5.73 Å². The number of halogens is 1. The van der Waals surface area contributed by atoms with Crippen LogP contribution in [0.3, 0.4) is 0 Å². The Labute approximate surface area is 116 Å². The molecule has 4 nitrogen and oxygen atoms in total. The number of nitrogens with two attached hydrogens (primary N) is 1. The molecule has 0 bridgehead atoms. The molecule has 0 spiro atoms. The van der Waals surface area contributed by atoms with Crippen molar-refractivity contribution in [2.24, 2.45) is 0 Å². The molecule has 2 N–H and O–H groups in total. The Hall–Kier alpha value is -2.30. The first-order chi connectivity index (χ1) is 9.65. The lowest BCUT2D eigenvalue weighted by atomic mass is 10.1. The number of amides is 1. The topological polar surface area (TPSA) is 59.5 Å². The highest BCUT2D eigenvalue weighted by Crippen LogP contribution is 2.30. The Morgan fingerprint density at radius 2 is 2.20 bits per heavy atom. The normalized spacial score (nSPS) is 14.2. The molecule has 104 valence electrons. The molecule has 0 aliphatic heterocycles. The lowest BCUT2D eigenvalue weighted by Crippen LogP contribution is -2.33. The molecule has 1 saturated carbocycles. The van der Waals surface area contributed by atoms with E-state index < -0.39 is 5.82 Å². The first-order valence-electron chi connectivity index (χ1n) is 6.53. The van der Waals surface area contributed by atoms with Crippen molar-refractivity contribution in [1.29, 1.82) is 0 Å². The zero-order chi connectivity index (χ0) is 14.1. The van der Waals surface area contributed by atoms with Crippen LogP contribution in [0.25, 0.3) is 0 Å². The molecule has 0 saturated heterocycles. The van der Waals surface area contributed by atoms with Gasteiger partial charge in [0.2, 0.25) is 0 Å². The largest absolute Gasteiger partial charge is 0.467 e. The van der Waals surface area contributed by atoms with Crippen molar-refractivity contribution in [2.75, 3.05) is 5.73 Å². The summed E-state index contributed by atoms with van der Waals surface area (Å²) < 4.78 is 19.1. The number of hydrogen-bond acceptors (Lipinski definition) is 3. The summed E-state index contributed by atoms with van der Waals surface area (Å²) in [6, 6.07) is 7.89. The summed E-state index contributed by atoms with van der Waals surface area (Å²) in [5.41, 5.74) is 5.87. The molecule has 0 unspecified atom stereocenters. The second-order valence-corrected chi connectivity index (χ2v) is 4.98. The predicted molar refractivity (Wildman–Crippen MR) is 72.4 cm³/mol. The summed E-state index contributed by atoms with van der Waals surface area (Å²) in [7, 11) is 0. The molecule has 1 heterocycles. The summed E-state index contributed by atoms with van der Waals surface area (Å²) >= 11 is 0. The summed E-state index contributed by atoms with van der Waals surface area (Å²) in [6.07, 6.45) is 3.46. The highest BCUT2D eigenvalue weighted by atomic mass is 19.1. The van der Waals surface area contributed by atoms with Crippen LogP contribution in [0.5, 0.6) is 0 Å². The van der Waals surface area contributed by atoms with Gasteiger partial charge in [-0.1, -0.05) is 0 Å². The van der Waals surface area contributed by atoms with Gasteiger partial charge in [0, 0.05) is 11.7 Å². The minimum Gasteiger partial charge on any atom is -0.467 e. The van der Waals surface area contributed by atoms with Crippen LogP contribution >= 0.6 is 0 Å². The molecule has 20 heavy (non-hydrogen) atoms. The van der Waals surface area contributed by atoms with Crippen molar-refractivity contribution in [1.82, 2.24) is 4.90 Å². The van der Waals surface area contributed by atoms with Crippen LogP contribution in [-0.4, -0.2) is 16.8 Å². The van der Waals surface area contributed by atoms with Crippen molar-refractivity contribution in [3.05, 3.63) is 53.7 Å². The number of furan rings is 1. The number of anilines is 1. The Morgan fingerprint density at radius 3 is 2.80 bits per heavy atom. The molecular formula is C15H15FN2O2. The number of carbonyl (C=O) groups excluding carboxylic acids is 1. The van der Waals surface area contributed by atoms with E-state index in [2.05, 4.69) is 0 Å². The SMILES string of the molecule is Nc1ccc(C(=O)N(Cc2ccco2)C2CC2)c(F)c1. The molecule has 0 atom stereocenters. The Bertz CT molecular complexity index is 621. The predicted octanol–water partition coefficient (Wildman–Crippen LogP) is 2.81. The minimum atomic E-state index is -0.583. The number of hydrogen-bond donors (Lipinski definition) is 1. The summed E-state index contributed by atoms with van der Waals surface area (Å²) in [5, 5.41) is 0. The second-order valence-electron chi connectivity index (χ2n) is 4.98. The van der Waals surface area contributed by atoms with Gasteiger partial charge >= 0.3 is 0 Å². The molecule has 1 amide bonds. The third-order valence-electron chi connectivity index (χ3n) is 3.38. The molecule has 1 aromatic carbocycles. The van der Waals surface area contributed by atoms with Gasteiger partial charge < -0.3 is 15.1 Å². The first kappa shape index (κ1) is 12.7. The zero-order valence-corrected chi connectivity index (χ0v) is 10.9. The number of carbonyl (C=O) groups is 1. The second kappa shape index (κ2) is 5.00. The third-order valence-corrected chi connectivity index (χ3v) is 3.38. The van der Waals surface area contributed by atoms with Crippen LogP contribution in [0, 0.1) is 5.82 Å². The molecule has 5 heteroatoms. The monoisotopic (exact) mass is 274 g/mol. The maximum absolute atomic E-state index is 13.9. The van der Waals surface area contributed by atoms with Gasteiger partial charge in [-0.2, -0.15) is 0 Å². The fourth-order valence-electron chi connectivity index (χ4n) is 2.18. The van der Waals surface area contributed by atoms with Gasteiger partial charge in [0.25, 0.3) is 5.91 Å². The van der Waals surface area contributed by atoms with Gasteiger partial charge in [0.05, 0.1) is 18.4 Å². The summed E-state index contributed by atoms with van der Waals surface area (Å²) in [5.74, 6) is -0.206. The molecule has 0 radical (unpaired) electrons. The third kappa shape index (κ3) is 2.52. The van der Waals surface area contributed by atoms with E-state index in [0.29, 0.717) is 18.0 Å². The smallest absolute Gasteiger partial charge is 0.257 e. The Balaban J connectivity index is 1.85. The number of nitrogens with zero attached hydrogens (tertiary/aromatic N) is 1. The minimum absolute atomic E-state index is 0.0534. The van der Waals surface area contributed by atoms with Crippen LogP contribution in [0.15, 0.2) is 41.0 Å². The average Bonchev–Trinajstić information content (AvgIpc) is 3.12. The highest BCUT2D eigenvalue weighted by Gasteiger charge is 2.34. The van der Waals surface area contributed by atoms with Gasteiger partial charge in [0.1, 0.15) is 11.6 Å². The van der Waals surface area contributed by atoms with E-state index in [9.17, 15) is 9.18 Å². The van der Waals surface area contributed by atoms with Gasteiger partial charge in [0.15, 0.2) is 0 Å².